The predicted octanol–water partition coefficient (Wildman–Crippen LogP) is 14.1. The largest absolute Gasteiger partial charge is 0.311 e. The summed E-state index contributed by atoms with van der Waals surface area (Å²) < 4.78 is 0. The van der Waals surface area contributed by atoms with E-state index in [1.807, 2.05) is 18.5 Å². The van der Waals surface area contributed by atoms with Crippen LogP contribution < -0.4 is 4.90 Å². The monoisotopic (exact) mass is 726 g/mol. The molecule has 0 fully saturated rings. The van der Waals surface area contributed by atoms with Crippen molar-refractivity contribution in [1.29, 1.82) is 0 Å². The van der Waals surface area contributed by atoms with Crippen LogP contribution in [0.3, 0.4) is 0 Å². The van der Waals surface area contributed by atoms with Gasteiger partial charge in [-0.3, -0.25) is 9.97 Å². The van der Waals surface area contributed by atoms with Gasteiger partial charge in [-0.25, -0.2) is 4.98 Å². The second kappa shape index (κ2) is 13.6. The molecule has 4 nitrogen and oxygen atoms in total. The average Bonchev–Trinajstić information content (AvgIpc) is 3.29. The molecule has 57 heavy (non-hydrogen) atoms. The summed E-state index contributed by atoms with van der Waals surface area (Å²) in [5.41, 5.74) is 12.6. The molecule has 0 saturated heterocycles. The van der Waals surface area contributed by atoms with E-state index in [0.717, 1.165) is 88.7 Å². The van der Waals surface area contributed by atoms with Crippen molar-refractivity contribution in [3.63, 3.8) is 0 Å². The summed E-state index contributed by atoms with van der Waals surface area (Å²) in [5, 5.41) is 7.97. The quantitative estimate of drug-likeness (QED) is 0.160. The smallest absolute Gasteiger partial charge is 0.0970 e. The zero-order valence-electron chi connectivity index (χ0n) is 30.9. The Balaban J connectivity index is 1.12. The van der Waals surface area contributed by atoms with Crippen molar-refractivity contribution in [3.8, 4) is 33.5 Å². The van der Waals surface area contributed by atoms with Gasteiger partial charge in [-0.05, 0) is 99.8 Å². The molecule has 0 unspecified atom stereocenters. The number of hydrogen-bond acceptors (Lipinski definition) is 4. The van der Waals surface area contributed by atoms with Crippen LogP contribution in [0.25, 0.3) is 87.8 Å². The van der Waals surface area contributed by atoms with E-state index in [4.69, 9.17) is 15.0 Å². The lowest BCUT2D eigenvalue weighted by Crippen LogP contribution is -2.09. The van der Waals surface area contributed by atoms with Gasteiger partial charge in [-0.15, -0.1) is 0 Å². The van der Waals surface area contributed by atoms with Crippen LogP contribution in [0.4, 0.5) is 17.1 Å². The van der Waals surface area contributed by atoms with Crippen molar-refractivity contribution in [2.45, 2.75) is 0 Å². The van der Waals surface area contributed by atoms with Gasteiger partial charge in [-0.2, -0.15) is 0 Å². The summed E-state index contributed by atoms with van der Waals surface area (Å²) in [5.74, 6) is 0. The lowest BCUT2D eigenvalue weighted by atomic mass is 9.87. The molecule has 0 aliphatic rings. The minimum Gasteiger partial charge on any atom is -0.311 e. The van der Waals surface area contributed by atoms with Gasteiger partial charge in [0.15, 0.2) is 0 Å². The molecular weight excluding hydrogens is 693 g/mol. The van der Waals surface area contributed by atoms with Crippen LogP contribution in [0.15, 0.2) is 207 Å². The highest BCUT2D eigenvalue weighted by Crippen LogP contribution is 2.45. The van der Waals surface area contributed by atoms with Gasteiger partial charge in [0, 0.05) is 62.0 Å². The molecular formula is C53H34N4. The summed E-state index contributed by atoms with van der Waals surface area (Å²) in [6, 6.07) is 68.9. The summed E-state index contributed by atoms with van der Waals surface area (Å²) in [6.45, 7) is 0. The number of anilines is 3. The molecule has 266 valence electrons. The maximum atomic E-state index is 5.50. The summed E-state index contributed by atoms with van der Waals surface area (Å²) in [6.07, 6.45) is 3.76. The van der Waals surface area contributed by atoms with Crippen LogP contribution in [-0.4, -0.2) is 15.0 Å². The van der Waals surface area contributed by atoms with Gasteiger partial charge in [-0.1, -0.05) is 127 Å². The third-order valence-corrected chi connectivity index (χ3v) is 11.1. The number of rotatable bonds is 6. The van der Waals surface area contributed by atoms with Crippen LogP contribution in [0.2, 0.25) is 0 Å². The Morgan fingerprint density at radius 2 is 1.02 bits per heavy atom. The maximum Gasteiger partial charge on any atom is 0.0970 e. The summed E-state index contributed by atoms with van der Waals surface area (Å²) >= 11 is 0. The molecule has 4 heteroatoms. The van der Waals surface area contributed by atoms with Gasteiger partial charge in [0.05, 0.1) is 22.2 Å². The van der Waals surface area contributed by atoms with Crippen molar-refractivity contribution in [2.24, 2.45) is 0 Å². The Morgan fingerprint density at radius 3 is 1.82 bits per heavy atom. The van der Waals surface area contributed by atoms with Crippen molar-refractivity contribution in [1.82, 2.24) is 15.0 Å². The van der Waals surface area contributed by atoms with E-state index in [0.29, 0.717) is 0 Å². The number of pyridine rings is 3. The fourth-order valence-electron chi connectivity index (χ4n) is 8.49. The first-order valence-electron chi connectivity index (χ1n) is 19.3. The minimum absolute atomic E-state index is 0.894. The van der Waals surface area contributed by atoms with E-state index < -0.39 is 0 Å². The van der Waals surface area contributed by atoms with Crippen molar-refractivity contribution >= 4 is 71.3 Å². The van der Waals surface area contributed by atoms with Crippen LogP contribution >= 0.6 is 0 Å². The van der Waals surface area contributed by atoms with E-state index in [1.54, 1.807) is 0 Å². The highest BCUT2D eigenvalue weighted by atomic mass is 15.1. The molecule has 3 aromatic heterocycles. The van der Waals surface area contributed by atoms with Crippen LogP contribution in [0.1, 0.15) is 0 Å². The van der Waals surface area contributed by atoms with Gasteiger partial charge >= 0.3 is 0 Å². The third-order valence-electron chi connectivity index (χ3n) is 11.1. The van der Waals surface area contributed by atoms with Crippen molar-refractivity contribution in [2.75, 3.05) is 4.90 Å². The molecule has 0 aliphatic heterocycles. The van der Waals surface area contributed by atoms with Gasteiger partial charge in [0.25, 0.3) is 0 Å². The summed E-state index contributed by atoms with van der Waals surface area (Å²) in [4.78, 5) is 17.4. The lowest BCUT2D eigenvalue weighted by molar-refractivity contribution is 1.28. The van der Waals surface area contributed by atoms with E-state index in [9.17, 15) is 0 Å². The Kier molecular flexibility index (Phi) is 7.78. The molecule has 3 heterocycles. The number of hydrogen-bond donors (Lipinski definition) is 0. The number of aromatic nitrogens is 3. The Bertz CT molecular complexity index is 3230. The number of para-hydroxylation sites is 3. The molecule has 0 atom stereocenters. The molecule has 0 spiro atoms. The highest BCUT2D eigenvalue weighted by molar-refractivity contribution is 6.27. The van der Waals surface area contributed by atoms with E-state index in [-0.39, 0.29) is 0 Å². The first kappa shape index (κ1) is 32.7. The van der Waals surface area contributed by atoms with E-state index in [2.05, 4.69) is 193 Å². The lowest BCUT2D eigenvalue weighted by Gasteiger charge is -2.25. The Morgan fingerprint density at radius 1 is 0.351 bits per heavy atom. The maximum absolute atomic E-state index is 5.50. The fraction of sp³-hybridized carbons (Fsp3) is 0. The van der Waals surface area contributed by atoms with E-state index >= 15 is 0 Å². The SMILES string of the molecule is c1ccc(N(c2ccccc2)c2ccc(-c3cccc(-c4nc5ccccc5c5c4c(-c4ccnc6c4ccc4cccnc46)cc4ccccc45)c3)cc2)cc1. The molecule has 0 aliphatic carbocycles. The second-order valence-corrected chi connectivity index (χ2v) is 14.4. The topological polar surface area (TPSA) is 41.9 Å². The molecule has 0 saturated carbocycles. The molecule has 8 aromatic carbocycles. The van der Waals surface area contributed by atoms with Crippen LogP contribution in [-0.2, 0) is 0 Å². The highest BCUT2D eigenvalue weighted by Gasteiger charge is 2.21. The predicted molar refractivity (Wildman–Crippen MR) is 238 cm³/mol. The zero-order chi connectivity index (χ0) is 37.7. The Hall–Kier alpha value is -7.69. The van der Waals surface area contributed by atoms with Crippen molar-refractivity contribution in [3.05, 3.63) is 207 Å². The number of nitrogens with zero attached hydrogens (tertiary/aromatic N) is 4. The molecule has 11 rings (SSSR count). The molecule has 0 amide bonds. The normalized spacial score (nSPS) is 11.5. The Labute approximate surface area is 330 Å². The first-order chi connectivity index (χ1) is 28.3. The standard InChI is InChI=1S/C53H34N4/c1-3-17-40(18-4-1)57(41-19-5-2-6-20-41)42-27-24-35(25-28-42)37-14-11-15-39(33-37)51-50-47(44-30-32-55-53-45(44)29-26-36-16-12-31-54-52(36)53)34-38-13-7-8-21-43(38)49(50)46-22-9-10-23-48(46)56-51/h1-34H. The molecule has 0 N–H and O–H groups in total. The number of fused-ring (bicyclic) bond motifs is 8. The van der Waals surface area contributed by atoms with Gasteiger partial charge in [0.2, 0.25) is 0 Å². The van der Waals surface area contributed by atoms with Crippen molar-refractivity contribution < 1.29 is 0 Å². The summed E-state index contributed by atoms with van der Waals surface area (Å²) in [7, 11) is 0. The number of benzene rings is 8. The fourth-order valence-corrected chi connectivity index (χ4v) is 8.49. The first-order valence-corrected chi connectivity index (χ1v) is 19.3. The third kappa shape index (κ3) is 5.58. The molecule has 11 aromatic rings. The minimum atomic E-state index is 0.894. The van der Waals surface area contributed by atoms with Gasteiger partial charge < -0.3 is 4.90 Å². The average molecular weight is 727 g/mol. The van der Waals surface area contributed by atoms with E-state index in [1.165, 1.54) is 16.2 Å². The molecule has 0 radical (unpaired) electrons. The molecule has 0 bridgehead atoms. The van der Waals surface area contributed by atoms with Gasteiger partial charge in [0.1, 0.15) is 0 Å². The zero-order valence-corrected chi connectivity index (χ0v) is 30.9. The van der Waals surface area contributed by atoms with Crippen LogP contribution in [0.5, 0.6) is 0 Å². The second-order valence-electron chi connectivity index (χ2n) is 14.4. The van der Waals surface area contributed by atoms with Crippen LogP contribution in [0, 0.1) is 0 Å².